The topological polar surface area (TPSA) is 92.2 Å². The van der Waals surface area contributed by atoms with Gasteiger partial charge in [0.1, 0.15) is 0 Å². The van der Waals surface area contributed by atoms with E-state index in [-0.39, 0.29) is 18.4 Å². The highest BCUT2D eigenvalue weighted by atomic mass is 16.4. The second-order valence-corrected chi connectivity index (χ2v) is 5.63. The van der Waals surface area contributed by atoms with Crippen molar-refractivity contribution in [3.8, 4) is 0 Å². The van der Waals surface area contributed by atoms with Crippen LogP contribution in [0.15, 0.2) is 12.4 Å². The standard InChI is InChI=1S/C14H19N3O3/c1-8(2)14(13(19)20)4-11(14)12(18)16-7-10-6-15-5-9(3)17-10/h5-6,8,11H,4,7H2,1-3H3,(H,16,18)(H,19,20)/t11-,14+/m0/s1. The lowest BCUT2D eigenvalue weighted by molar-refractivity contribution is -0.147. The molecule has 0 spiro atoms. The van der Waals surface area contributed by atoms with Gasteiger partial charge in [0.2, 0.25) is 5.91 Å². The van der Waals surface area contributed by atoms with Gasteiger partial charge >= 0.3 is 5.97 Å². The summed E-state index contributed by atoms with van der Waals surface area (Å²) in [5.74, 6) is -1.61. The van der Waals surface area contributed by atoms with E-state index in [1.54, 1.807) is 12.4 Å². The van der Waals surface area contributed by atoms with Crippen molar-refractivity contribution >= 4 is 11.9 Å². The van der Waals surface area contributed by atoms with Crippen molar-refractivity contribution in [2.75, 3.05) is 0 Å². The molecule has 1 fully saturated rings. The van der Waals surface area contributed by atoms with Gasteiger partial charge in [-0.05, 0) is 19.3 Å². The average molecular weight is 277 g/mol. The molecule has 0 unspecified atom stereocenters. The lowest BCUT2D eigenvalue weighted by Crippen LogP contribution is -2.32. The molecule has 0 radical (unpaired) electrons. The Balaban J connectivity index is 1.96. The number of amides is 1. The quantitative estimate of drug-likeness (QED) is 0.842. The molecule has 1 aromatic rings. The number of hydrogen-bond donors (Lipinski definition) is 2. The Labute approximate surface area is 117 Å². The molecule has 1 aliphatic carbocycles. The van der Waals surface area contributed by atoms with E-state index in [1.807, 2.05) is 20.8 Å². The molecule has 0 bridgehead atoms. The van der Waals surface area contributed by atoms with Crippen LogP contribution < -0.4 is 5.32 Å². The fraction of sp³-hybridized carbons (Fsp3) is 0.571. The van der Waals surface area contributed by atoms with E-state index in [0.717, 1.165) is 5.69 Å². The molecule has 6 nitrogen and oxygen atoms in total. The number of hydrogen-bond acceptors (Lipinski definition) is 4. The number of nitrogens with one attached hydrogen (secondary N) is 1. The largest absolute Gasteiger partial charge is 0.481 e. The first-order valence-electron chi connectivity index (χ1n) is 6.66. The smallest absolute Gasteiger partial charge is 0.310 e. The van der Waals surface area contributed by atoms with Gasteiger partial charge in [-0.2, -0.15) is 0 Å². The van der Waals surface area contributed by atoms with Crippen LogP contribution in [0.5, 0.6) is 0 Å². The Hall–Kier alpha value is -1.98. The van der Waals surface area contributed by atoms with Gasteiger partial charge < -0.3 is 10.4 Å². The minimum Gasteiger partial charge on any atom is -0.481 e. The Morgan fingerprint density at radius 1 is 1.50 bits per heavy atom. The first-order chi connectivity index (χ1) is 9.37. The minimum atomic E-state index is -0.900. The summed E-state index contributed by atoms with van der Waals surface area (Å²) in [6.07, 6.45) is 3.64. The fourth-order valence-corrected chi connectivity index (χ4v) is 2.63. The fourth-order valence-electron chi connectivity index (χ4n) is 2.63. The predicted molar refractivity (Wildman–Crippen MR) is 71.6 cm³/mol. The van der Waals surface area contributed by atoms with Crippen LogP contribution in [0.4, 0.5) is 0 Å². The second kappa shape index (κ2) is 5.19. The van der Waals surface area contributed by atoms with E-state index in [0.29, 0.717) is 12.1 Å². The van der Waals surface area contributed by atoms with Gasteiger partial charge in [0.15, 0.2) is 0 Å². The zero-order valence-electron chi connectivity index (χ0n) is 11.9. The molecule has 20 heavy (non-hydrogen) atoms. The number of carbonyl (C=O) groups is 2. The van der Waals surface area contributed by atoms with Gasteiger partial charge in [-0.15, -0.1) is 0 Å². The van der Waals surface area contributed by atoms with Crippen LogP contribution in [0.1, 0.15) is 31.7 Å². The van der Waals surface area contributed by atoms with Gasteiger partial charge in [-0.1, -0.05) is 13.8 Å². The number of carboxylic acids is 1. The Morgan fingerprint density at radius 3 is 2.70 bits per heavy atom. The van der Waals surface area contributed by atoms with Crippen molar-refractivity contribution < 1.29 is 14.7 Å². The van der Waals surface area contributed by atoms with Crippen LogP contribution in [0, 0.1) is 24.2 Å². The average Bonchev–Trinajstić information content (AvgIpc) is 3.13. The molecule has 2 rings (SSSR count). The Bertz CT molecular complexity index is 544. The van der Waals surface area contributed by atoms with Gasteiger partial charge in [0.25, 0.3) is 0 Å². The molecule has 1 saturated carbocycles. The summed E-state index contributed by atoms with van der Waals surface area (Å²) < 4.78 is 0. The monoisotopic (exact) mass is 277 g/mol. The number of aryl methyl sites for hydroxylation is 1. The molecular formula is C14H19N3O3. The predicted octanol–water partition coefficient (Wildman–Crippen LogP) is 1.15. The van der Waals surface area contributed by atoms with Crippen LogP contribution >= 0.6 is 0 Å². The third-order valence-electron chi connectivity index (χ3n) is 4.00. The van der Waals surface area contributed by atoms with Crippen molar-refractivity contribution in [1.29, 1.82) is 0 Å². The highest BCUT2D eigenvalue weighted by Crippen LogP contribution is 2.58. The lowest BCUT2D eigenvalue weighted by atomic mass is 9.89. The summed E-state index contributed by atoms with van der Waals surface area (Å²) in [6.45, 7) is 5.78. The zero-order chi connectivity index (χ0) is 14.9. The molecular weight excluding hydrogens is 258 g/mol. The number of nitrogens with zero attached hydrogens (tertiary/aromatic N) is 2. The zero-order valence-corrected chi connectivity index (χ0v) is 11.9. The lowest BCUT2D eigenvalue weighted by Gasteiger charge is -2.16. The highest BCUT2D eigenvalue weighted by Gasteiger charge is 2.65. The minimum absolute atomic E-state index is 0.0606. The summed E-state index contributed by atoms with van der Waals surface area (Å²) in [5, 5.41) is 12.1. The molecule has 2 N–H and O–H groups in total. The van der Waals surface area contributed by atoms with Crippen LogP contribution in [0.3, 0.4) is 0 Å². The molecule has 108 valence electrons. The summed E-state index contributed by atoms with van der Waals surface area (Å²) in [4.78, 5) is 31.7. The number of aliphatic carboxylic acids is 1. The van der Waals surface area contributed by atoms with Gasteiger partial charge in [0, 0.05) is 6.20 Å². The second-order valence-electron chi connectivity index (χ2n) is 5.63. The van der Waals surface area contributed by atoms with E-state index in [9.17, 15) is 14.7 Å². The first-order valence-corrected chi connectivity index (χ1v) is 6.66. The van der Waals surface area contributed by atoms with Crippen LogP contribution in [0.25, 0.3) is 0 Å². The molecule has 0 aromatic carbocycles. The Kier molecular flexibility index (Phi) is 3.74. The normalized spacial score (nSPS) is 24.5. The van der Waals surface area contributed by atoms with E-state index in [4.69, 9.17) is 0 Å². The van der Waals surface area contributed by atoms with E-state index in [2.05, 4.69) is 15.3 Å². The third-order valence-corrected chi connectivity index (χ3v) is 4.00. The van der Waals surface area contributed by atoms with Crippen LogP contribution in [0.2, 0.25) is 0 Å². The summed E-state index contributed by atoms with van der Waals surface area (Å²) in [6, 6.07) is 0. The molecule has 6 heteroatoms. The number of aromatic nitrogens is 2. The maximum atomic E-state index is 12.1. The first kappa shape index (κ1) is 14.4. The molecule has 2 atom stereocenters. The molecule has 1 aromatic heterocycles. The molecule has 1 heterocycles. The number of carboxylic acid groups (broad SMARTS) is 1. The summed E-state index contributed by atoms with van der Waals surface area (Å²) in [5.41, 5.74) is 0.553. The third kappa shape index (κ3) is 2.50. The van der Waals surface area contributed by atoms with Gasteiger partial charge in [-0.3, -0.25) is 19.6 Å². The van der Waals surface area contributed by atoms with Crippen molar-refractivity contribution in [3.05, 3.63) is 23.8 Å². The van der Waals surface area contributed by atoms with Crippen molar-refractivity contribution in [3.63, 3.8) is 0 Å². The van der Waals surface area contributed by atoms with Crippen molar-refractivity contribution in [2.45, 2.75) is 33.7 Å². The van der Waals surface area contributed by atoms with E-state index in [1.165, 1.54) is 0 Å². The summed E-state index contributed by atoms with van der Waals surface area (Å²) >= 11 is 0. The highest BCUT2D eigenvalue weighted by molar-refractivity contribution is 5.92. The maximum absolute atomic E-state index is 12.1. The molecule has 0 aliphatic heterocycles. The van der Waals surface area contributed by atoms with Crippen molar-refractivity contribution in [2.24, 2.45) is 17.3 Å². The van der Waals surface area contributed by atoms with E-state index >= 15 is 0 Å². The molecule has 0 saturated heterocycles. The van der Waals surface area contributed by atoms with Crippen molar-refractivity contribution in [1.82, 2.24) is 15.3 Å². The van der Waals surface area contributed by atoms with E-state index < -0.39 is 17.3 Å². The SMILES string of the molecule is Cc1cncc(CNC(=O)[C@@H]2C[C@@]2(C(=O)O)C(C)C)n1. The van der Waals surface area contributed by atoms with Crippen LogP contribution in [-0.4, -0.2) is 27.0 Å². The number of rotatable bonds is 5. The molecule has 1 amide bonds. The summed E-state index contributed by atoms with van der Waals surface area (Å²) in [7, 11) is 0. The Morgan fingerprint density at radius 2 is 2.20 bits per heavy atom. The number of carbonyl (C=O) groups excluding carboxylic acids is 1. The van der Waals surface area contributed by atoms with Crippen LogP contribution in [-0.2, 0) is 16.1 Å². The van der Waals surface area contributed by atoms with Gasteiger partial charge in [-0.25, -0.2) is 0 Å². The van der Waals surface area contributed by atoms with Gasteiger partial charge in [0.05, 0.1) is 35.5 Å². The molecule has 1 aliphatic rings. The maximum Gasteiger partial charge on any atom is 0.310 e.